The summed E-state index contributed by atoms with van der Waals surface area (Å²) in [5.41, 5.74) is 4.60. The molecule has 0 amide bonds. The van der Waals surface area contributed by atoms with Gasteiger partial charge in [0.05, 0.1) is 5.56 Å². The second-order valence-electron chi connectivity index (χ2n) is 7.12. The van der Waals surface area contributed by atoms with Gasteiger partial charge >= 0.3 is 0 Å². The van der Waals surface area contributed by atoms with Gasteiger partial charge in [-0.15, -0.1) is 0 Å². The molecule has 4 heteroatoms. The van der Waals surface area contributed by atoms with Gasteiger partial charge in [-0.3, -0.25) is 4.79 Å². The molecule has 1 aliphatic heterocycles. The van der Waals surface area contributed by atoms with Gasteiger partial charge in [0, 0.05) is 28.7 Å². The molecule has 2 heterocycles. The van der Waals surface area contributed by atoms with E-state index < -0.39 is 0 Å². The number of aromatic amines is 1. The summed E-state index contributed by atoms with van der Waals surface area (Å²) in [6.45, 7) is 4.19. The third kappa shape index (κ3) is 3.29. The van der Waals surface area contributed by atoms with E-state index in [9.17, 15) is 4.79 Å². The number of nitrogens with one attached hydrogen (secondary N) is 1. The molecule has 1 aromatic heterocycles. The highest BCUT2D eigenvalue weighted by molar-refractivity contribution is 6.15. The Morgan fingerprint density at radius 1 is 1.03 bits per heavy atom. The van der Waals surface area contributed by atoms with Crippen molar-refractivity contribution in [1.82, 2.24) is 4.98 Å². The molecular weight excluding hydrogens is 374 g/mol. The first kappa shape index (κ1) is 18.0. The molecule has 30 heavy (non-hydrogen) atoms. The van der Waals surface area contributed by atoms with Crippen LogP contribution in [0.3, 0.4) is 0 Å². The van der Waals surface area contributed by atoms with Gasteiger partial charge < -0.3 is 14.5 Å². The second-order valence-corrected chi connectivity index (χ2v) is 7.12. The van der Waals surface area contributed by atoms with Crippen molar-refractivity contribution in [2.24, 2.45) is 0 Å². The number of aromatic nitrogens is 1. The first-order valence-corrected chi connectivity index (χ1v) is 9.70. The molecule has 4 nitrogen and oxygen atoms in total. The quantitative estimate of drug-likeness (QED) is 0.423. The van der Waals surface area contributed by atoms with Gasteiger partial charge in [0.15, 0.2) is 5.76 Å². The zero-order valence-electron chi connectivity index (χ0n) is 16.2. The van der Waals surface area contributed by atoms with Crippen molar-refractivity contribution in [3.05, 3.63) is 108 Å². The van der Waals surface area contributed by atoms with E-state index in [2.05, 4.69) is 11.6 Å². The Hall–Kier alpha value is -4.05. The number of fused-ring (bicyclic) bond motifs is 2. The molecule has 1 N–H and O–H groups in total. The number of carbonyl (C=O) groups excluding carboxylic acids is 1. The number of hydrogen-bond donors (Lipinski definition) is 1. The van der Waals surface area contributed by atoms with Crippen molar-refractivity contribution in [2.75, 3.05) is 0 Å². The highest BCUT2D eigenvalue weighted by atomic mass is 16.5. The Balaban J connectivity index is 1.35. The first-order chi connectivity index (χ1) is 14.7. The van der Waals surface area contributed by atoms with Gasteiger partial charge in [0.1, 0.15) is 18.1 Å². The molecule has 0 unspecified atom stereocenters. The van der Waals surface area contributed by atoms with Crippen LogP contribution in [0.5, 0.6) is 11.5 Å². The normalized spacial score (nSPS) is 14.0. The lowest BCUT2D eigenvalue weighted by Crippen LogP contribution is -1.97. The maximum absolute atomic E-state index is 12.8. The van der Waals surface area contributed by atoms with Crippen LogP contribution in [0, 0.1) is 0 Å². The lowest BCUT2D eigenvalue weighted by atomic mass is 10.1. The molecule has 0 spiro atoms. The van der Waals surface area contributed by atoms with Gasteiger partial charge in [-0.25, -0.2) is 0 Å². The number of ketones is 1. The summed E-state index contributed by atoms with van der Waals surface area (Å²) in [7, 11) is 0. The van der Waals surface area contributed by atoms with Gasteiger partial charge in [0.25, 0.3) is 0 Å². The van der Waals surface area contributed by atoms with Crippen LogP contribution in [0.25, 0.3) is 23.1 Å². The van der Waals surface area contributed by atoms with Crippen LogP contribution in [0.15, 0.2) is 85.3 Å². The Morgan fingerprint density at radius 2 is 1.87 bits per heavy atom. The van der Waals surface area contributed by atoms with E-state index in [0.717, 1.165) is 27.6 Å². The van der Waals surface area contributed by atoms with Crippen LogP contribution >= 0.6 is 0 Å². The fourth-order valence-corrected chi connectivity index (χ4v) is 3.53. The van der Waals surface area contributed by atoms with Gasteiger partial charge in [-0.05, 0) is 35.4 Å². The van der Waals surface area contributed by atoms with Crippen LogP contribution in [0.4, 0.5) is 0 Å². The lowest BCUT2D eigenvalue weighted by Gasteiger charge is -2.07. The zero-order chi connectivity index (χ0) is 20.5. The van der Waals surface area contributed by atoms with Crippen molar-refractivity contribution in [2.45, 2.75) is 6.61 Å². The number of H-pyrrole nitrogens is 1. The number of Topliss-reactive ketones (excluding diaryl/α,β-unsaturated/α-hetero) is 1. The molecule has 1 aliphatic rings. The van der Waals surface area contributed by atoms with Crippen molar-refractivity contribution in [3.63, 3.8) is 0 Å². The second kappa shape index (κ2) is 7.41. The largest absolute Gasteiger partial charge is 0.489 e. The van der Waals surface area contributed by atoms with Crippen LogP contribution in [0.2, 0.25) is 0 Å². The Labute approximate surface area is 174 Å². The first-order valence-electron chi connectivity index (χ1n) is 9.70. The fraction of sp³-hybridized carbons (Fsp3) is 0.0385. The monoisotopic (exact) mass is 393 g/mol. The van der Waals surface area contributed by atoms with Crippen LogP contribution in [0.1, 0.15) is 27.0 Å². The SMILES string of the molecule is C=Cc1ccc(COc2ccc3c(c2)OC(=Cc2c[nH]c4ccccc24)C3=O)cc1. The fourth-order valence-electron chi connectivity index (χ4n) is 3.53. The molecule has 0 aliphatic carbocycles. The molecule has 0 atom stereocenters. The number of carbonyl (C=O) groups is 1. The van der Waals surface area contributed by atoms with Crippen LogP contribution < -0.4 is 9.47 Å². The molecule has 0 saturated carbocycles. The predicted molar refractivity (Wildman–Crippen MR) is 119 cm³/mol. The maximum atomic E-state index is 12.8. The summed E-state index contributed by atoms with van der Waals surface area (Å²) in [5.74, 6) is 1.36. The summed E-state index contributed by atoms with van der Waals surface area (Å²) in [5, 5.41) is 1.05. The van der Waals surface area contributed by atoms with E-state index in [-0.39, 0.29) is 5.78 Å². The van der Waals surface area contributed by atoms with E-state index in [1.807, 2.05) is 54.7 Å². The van der Waals surface area contributed by atoms with Gasteiger partial charge in [-0.2, -0.15) is 0 Å². The summed E-state index contributed by atoms with van der Waals surface area (Å²) in [6, 6.07) is 21.3. The highest BCUT2D eigenvalue weighted by Gasteiger charge is 2.28. The maximum Gasteiger partial charge on any atom is 0.231 e. The minimum Gasteiger partial charge on any atom is -0.489 e. The molecule has 146 valence electrons. The standard InChI is InChI=1S/C26H19NO3/c1-2-17-7-9-18(10-8-17)16-29-20-11-12-22-24(14-20)30-25(26(22)28)13-19-15-27-23-6-4-3-5-21(19)23/h2-15,27H,1,16H2. The van der Waals surface area contributed by atoms with Crippen molar-refractivity contribution in [3.8, 4) is 11.5 Å². The van der Waals surface area contributed by atoms with Crippen LogP contribution in [-0.2, 0) is 6.61 Å². The smallest absolute Gasteiger partial charge is 0.231 e. The minimum atomic E-state index is -0.123. The summed E-state index contributed by atoms with van der Waals surface area (Å²) < 4.78 is 11.8. The summed E-state index contributed by atoms with van der Waals surface area (Å²) in [6.07, 6.45) is 5.47. The Morgan fingerprint density at radius 3 is 2.70 bits per heavy atom. The number of benzene rings is 3. The Kier molecular flexibility index (Phi) is 4.45. The molecule has 0 saturated heterocycles. The van der Waals surface area contributed by atoms with Gasteiger partial charge in [-0.1, -0.05) is 55.1 Å². The van der Waals surface area contributed by atoms with Crippen molar-refractivity contribution in [1.29, 1.82) is 0 Å². The number of para-hydroxylation sites is 1. The van der Waals surface area contributed by atoms with Gasteiger partial charge in [0.2, 0.25) is 5.78 Å². The third-order valence-electron chi connectivity index (χ3n) is 5.17. The third-order valence-corrected chi connectivity index (χ3v) is 5.17. The molecule has 0 radical (unpaired) electrons. The molecular formula is C26H19NO3. The van der Waals surface area contributed by atoms with E-state index in [0.29, 0.717) is 29.4 Å². The van der Waals surface area contributed by atoms with E-state index >= 15 is 0 Å². The van der Waals surface area contributed by atoms with E-state index in [4.69, 9.17) is 9.47 Å². The topological polar surface area (TPSA) is 51.3 Å². The van der Waals surface area contributed by atoms with Crippen molar-refractivity contribution < 1.29 is 14.3 Å². The Bertz CT molecular complexity index is 1300. The zero-order valence-corrected chi connectivity index (χ0v) is 16.2. The summed E-state index contributed by atoms with van der Waals surface area (Å²) in [4.78, 5) is 16.0. The van der Waals surface area contributed by atoms with E-state index in [1.165, 1.54) is 0 Å². The molecule has 5 rings (SSSR count). The van der Waals surface area contributed by atoms with Crippen molar-refractivity contribution >= 4 is 28.8 Å². The predicted octanol–water partition coefficient (Wildman–Crippen LogP) is 6.01. The number of hydrogen-bond acceptors (Lipinski definition) is 3. The number of rotatable bonds is 5. The summed E-state index contributed by atoms with van der Waals surface area (Å²) >= 11 is 0. The average molecular weight is 393 g/mol. The molecule has 0 bridgehead atoms. The lowest BCUT2D eigenvalue weighted by molar-refractivity contribution is 0.101. The number of allylic oxidation sites excluding steroid dienone is 1. The average Bonchev–Trinajstić information content (AvgIpc) is 3.34. The molecule has 0 fully saturated rings. The minimum absolute atomic E-state index is 0.123. The number of ether oxygens (including phenoxy) is 2. The molecule has 3 aromatic carbocycles. The highest BCUT2D eigenvalue weighted by Crippen LogP contribution is 2.35. The molecule has 4 aromatic rings. The van der Waals surface area contributed by atoms with E-state index in [1.54, 1.807) is 30.4 Å². The van der Waals surface area contributed by atoms with Crippen LogP contribution in [-0.4, -0.2) is 10.8 Å².